The van der Waals surface area contributed by atoms with E-state index in [1.807, 2.05) is 12.3 Å². The van der Waals surface area contributed by atoms with Gasteiger partial charge in [-0.2, -0.15) is 0 Å². The van der Waals surface area contributed by atoms with Crippen LogP contribution in [0.4, 0.5) is 5.69 Å². The first-order valence-electron chi connectivity index (χ1n) is 5.36. The van der Waals surface area contributed by atoms with Gasteiger partial charge in [0.2, 0.25) is 10.0 Å². The zero-order valence-corrected chi connectivity index (χ0v) is 13.2. The van der Waals surface area contributed by atoms with E-state index in [1.54, 1.807) is 23.6 Å². The minimum Gasteiger partial charge on any atom is -0.375 e. The Labute approximate surface area is 124 Å². The second kappa shape index (κ2) is 5.58. The van der Waals surface area contributed by atoms with Crippen molar-refractivity contribution in [2.75, 3.05) is 5.32 Å². The molecule has 19 heavy (non-hydrogen) atoms. The Morgan fingerprint density at radius 3 is 2.74 bits per heavy atom. The first kappa shape index (κ1) is 14.4. The van der Waals surface area contributed by atoms with Crippen LogP contribution in [0.5, 0.6) is 0 Å². The zero-order chi connectivity index (χ0) is 14.0. The summed E-state index contributed by atoms with van der Waals surface area (Å²) in [6.45, 7) is 1.98. The predicted molar refractivity (Wildman–Crippen MR) is 79.7 cm³/mol. The number of sulfonamides is 1. The van der Waals surface area contributed by atoms with Crippen molar-refractivity contribution < 1.29 is 8.42 Å². The Morgan fingerprint density at radius 1 is 1.47 bits per heavy atom. The maximum absolute atomic E-state index is 11.2. The van der Waals surface area contributed by atoms with Crippen LogP contribution in [0.25, 0.3) is 0 Å². The summed E-state index contributed by atoms with van der Waals surface area (Å²) in [7, 11) is -3.68. The van der Waals surface area contributed by atoms with Crippen LogP contribution < -0.4 is 10.5 Å². The number of rotatable bonds is 4. The van der Waals surface area contributed by atoms with E-state index in [-0.39, 0.29) is 10.9 Å². The van der Waals surface area contributed by atoms with E-state index in [4.69, 9.17) is 5.14 Å². The lowest BCUT2D eigenvalue weighted by Gasteiger charge is -2.14. The number of thiazole rings is 1. The quantitative estimate of drug-likeness (QED) is 0.876. The number of primary sulfonamides is 1. The molecule has 0 saturated carbocycles. The van der Waals surface area contributed by atoms with Gasteiger partial charge in [0.05, 0.1) is 10.9 Å². The van der Waals surface area contributed by atoms with Gasteiger partial charge in [0.15, 0.2) is 0 Å². The lowest BCUT2D eigenvalue weighted by atomic mass is 10.3. The molecule has 3 N–H and O–H groups in total. The lowest BCUT2D eigenvalue weighted by Crippen LogP contribution is -2.12. The molecule has 1 aromatic heterocycles. The Hall–Kier alpha value is -0.960. The largest absolute Gasteiger partial charge is 0.375 e. The fraction of sp³-hybridized carbons (Fsp3) is 0.182. The molecule has 0 aliphatic heterocycles. The first-order chi connectivity index (χ1) is 8.88. The molecule has 0 aliphatic rings. The first-order valence-corrected chi connectivity index (χ1v) is 8.58. The molecule has 8 heteroatoms. The van der Waals surface area contributed by atoms with Crippen molar-refractivity contribution >= 4 is 43.0 Å². The second-order valence-electron chi connectivity index (χ2n) is 3.92. The van der Waals surface area contributed by atoms with Crippen molar-refractivity contribution in [1.29, 1.82) is 0 Å². The molecule has 0 bridgehead atoms. The van der Waals surface area contributed by atoms with Gasteiger partial charge >= 0.3 is 0 Å². The van der Waals surface area contributed by atoms with Gasteiger partial charge in [0.25, 0.3) is 0 Å². The fourth-order valence-corrected chi connectivity index (χ4v) is 3.36. The fourth-order valence-electron chi connectivity index (χ4n) is 1.53. The maximum Gasteiger partial charge on any atom is 0.238 e. The van der Waals surface area contributed by atoms with Crippen molar-refractivity contribution in [3.63, 3.8) is 0 Å². The van der Waals surface area contributed by atoms with Gasteiger partial charge in [-0.3, -0.25) is 0 Å². The van der Waals surface area contributed by atoms with E-state index in [0.717, 1.165) is 10.7 Å². The molecule has 2 rings (SSSR count). The van der Waals surface area contributed by atoms with Crippen molar-refractivity contribution in [3.8, 4) is 0 Å². The van der Waals surface area contributed by atoms with E-state index < -0.39 is 10.0 Å². The predicted octanol–water partition coefficient (Wildman–Crippen LogP) is 2.73. The standard InChI is InChI=1S/C11H12BrN3O2S2/c1-7(11-14-4-5-18-11)15-10-3-2-8(6-9(10)12)19(13,16)17/h2-7,15H,1H3,(H2,13,16,17). The number of nitrogens with one attached hydrogen (secondary N) is 1. The van der Waals surface area contributed by atoms with Crippen LogP contribution in [0.1, 0.15) is 18.0 Å². The molecule has 0 aliphatic carbocycles. The number of benzene rings is 1. The van der Waals surface area contributed by atoms with Gasteiger partial charge < -0.3 is 5.32 Å². The molecule has 1 aromatic carbocycles. The molecule has 5 nitrogen and oxygen atoms in total. The highest BCUT2D eigenvalue weighted by Gasteiger charge is 2.13. The zero-order valence-electron chi connectivity index (χ0n) is 10.00. The third kappa shape index (κ3) is 3.53. The Balaban J connectivity index is 2.23. The van der Waals surface area contributed by atoms with Crippen LogP contribution >= 0.6 is 27.3 Å². The molecule has 1 atom stereocenters. The second-order valence-corrected chi connectivity index (χ2v) is 7.26. The summed E-state index contributed by atoms with van der Waals surface area (Å²) in [6.07, 6.45) is 1.75. The molecule has 0 fully saturated rings. The molecule has 2 aromatic rings. The average Bonchev–Trinajstić information content (AvgIpc) is 2.84. The van der Waals surface area contributed by atoms with E-state index in [0.29, 0.717) is 4.47 Å². The van der Waals surface area contributed by atoms with E-state index in [2.05, 4.69) is 26.2 Å². The molecule has 0 amide bonds. The number of hydrogen-bond acceptors (Lipinski definition) is 5. The minimum atomic E-state index is -3.68. The molecular weight excluding hydrogens is 350 g/mol. The third-order valence-corrected chi connectivity index (χ3v) is 4.99. The Bertz CT molecular complexity index is 671. The SMILES string of the molecule is CC(Nc1ccc(S(N)(=O)=O)cc1Br)c1nccs1. The number of nitrogens with zero attached hydrogens (tertiary/aromatic N) is 1. The van der Waals surface area contributed by atoms with E-state index in [9.17, 15) is 8.42 Å². The highest BCUT2D eigenvalue weighted by molar-refractivity contribution is 9.10. The van der Waals surface area contributed by atoms with Crippen LogP contribution in [0.2, 0.25) is 0 Å². The molecular formula is C11H12BrN3O2S2. The lowest BCUT2D eigenvalue weighted by molar-refractivity contribution is 0.598. The van der Waals surface area contributed by atoms with Crippen LogP contribution in [-0.2, 0) is 10.0 Å². The van der Waals surface area contributed by atoms with Gasteiger partial charge in [-0.1, -0.05) is 0 Å². The topological polar surface area (TPSA) is 85.1 Å². The van der Waals surface area contributed by atoms with Crippen LogP contribution in [-0.4, -0.2) is 13.4 Å². The number of nitrogens with two attached hydrogens (primary N) is 1. The van der Waals surface area contributed by atoms with Crippen molar-refractivity contribution in [3.05, 3.63) is 39.3 Å². The molecule has 0 spiro atoms. The molecule has 1 heterocycles. The van der Waals surface area contributed by atoms with Crippen molar-refractivity contribution in [1.82, 2.24) is 4.98 Å². The smallest absolute Gasteiger partial charge is 0.238 e. The molecule has 102 valence electrons. The summed E-state index contributed by atoms with van der Waals surface area (Å²) in [5, 5.41) is 11.2. The maximum atomic E-state index is 11.2. The number of hydrogen-bond donors (Lipinski definition) is 2. The summed E-state index contributed by atoms with van der Waals surface area (Å²) in [5.74, 6) is 0. The Kier molecular flexibility index (Phi) is 4.24. The van der Waals surface area contributed by atoms with Crippen molar-refractivity contribution in [2.45, 2.75) is 17.9 Å². The summed E-state index contributed by atoms with van der Waals surface area (Å²) >= 11 is 4.89. The Morgan fingerprint density at radius 2 is 2.21 bits per heavy atom. The van der Waals surface area contributed by atoms with Gasteiger partial charge in [-0.05, 0) is 41.1 Å². The van der Waals surface area contributed by atoms with Gasteiger partial charge in [0, 0.05) is 21.7 Å². The average molecular weight is 362 g/mol. The van der Waals surface area contributed by atoms with Gasteiger partial charge in [0.1, 0.15) is 5.01 Å². The molecule has 1 unspecified atom stereocenters. The monoisotopic (exact) mass is 361 g/mol. The number of anilines is 1. The van der Waals surface area contributed by atoms with Crippen LogP contribution in [0.3, 0.4) is 0 Å². The van der Waals surface area contributed by atoms with E-state index in [1.165, 1.54) is 12.1 Å². The number of aromatic nitrogens is 1. The summed E-state index contributed by atoms with van der Waals surface area (Å²) in [4.78, 5) is 4.30. The van der Waals surface area contributed by atoms with Crippen LogP contribution in [0, 0.1) is 0 Å². The normalized spacial score (nSPS) is 13.2. The molecule has 0 saturated heterocycles. The summed E-state index contributed by atoms with van der Waals surface area (Å²) in [6, 6.07) is 4.66. The third-order valence-electron chi connectivity index (χ3n) is 2.46. The van der Waals surface area contributed by atoms with Crippen LogP contribution in [0.15, 0.2) is 39.1 Å². The summed E-state index contributed by atoms with van der Waals surface area (Å²) < 4.78 is 23.1. The highest BCUT2D eigenvalue weighted by Crippen LogP contribution is 2.29. The highest BCUT2D eigenvalue weighted by atomic mass is 79.9. The van der Waals surface area contributed by atoms with Crippen molar-refractivity contribution in [2.24, 2.45) is 5.14 Å². The minimum absolute atomic E-state index is 0.0385. The molecule has 0 radical (unpaired) electrons. The summed E-state index contributed by atoms with van der Waals surface area (Å²) in [5.41, 5.74) is 0.787. The van der Waals surface area contributed by atoms with Gasteiger partial charge in [-0.25, -0.2) is 18.5 Å². The number of halogens is 1. The van der Waals surface area contributed by atoms with Gasteiger partial charge in [-0.15, -0.1) is 11.3 Å². The van der Waals surface area contributed by atoms with E-state index >= 15 is 0 Å².